The minimum atomic E-state index is 0.213. The second-order valence-electron chi connectivity index (χ2n) is 4.17. The number of nitrogens with one attached hydrogen (secondary N) is 1. The summed E-state index contributed by atoms with van der Waals surface area (Å²) in [7, 11) is 0. The number of nitrogens with two attached hydrogens (primary N) is 1. The third-order valence-electron chi connectivity index (χ3n) is 2.98. The fourth-order valence-corrected chi connectivity index (χ4v) is 2.11. The van der Waals surface area contributed by atoms with E-state index in [0.29, 0.717) is 0 Å². The number of rotatable bonds is 6. The molecular formula is C13H21ClN2. The molecule has 0 amide bonds. The van der Waals surface area contributed by atoms with Crippen molar-refractivity contribution in [3.63, 3.8) is 0 Å². The first-order chi connectivity index (χ1) is 7.70. The Bertz CT molecular complexity index is 326. The van der Waals surface area contributed by atoms with Crippen LogP contribution < -0.4 is 11.3 Å². The summed E-state index contributed by atoms with van der Waals surface area (Å²) in [6.45, 7) is 4.25. The molecule has 2 nitrogen and oxygen atoms in total. The van der Waals surface area contributed by atoms with Gasteiger partial charge in [0.2, 0.25) is 0 Å². The molecule has 3 N–H and O–H groups in total. The highest BCUT2D eigenvalue weighted by atomic mass is 35.5. The van der Waals surface area contributed by atoms with Crippen LogP contribution in [0.5, 0.6) is 0 Å². The maximum Gasteiger partial charge on any atom is 0.0463 e. The molecule has 0 saturated heterocycles. The molecular weight excluding hydrogens is 220 g/mol. The van der Waals surface area contributed by atoms with Crippen molar-refractivity contribution < 1.29 is 0 Å². The molecule has 0 saturated carbocycles. The lowest BCUT2D eigenvalue weighted by molar-refractivity contribution is 0.485. The standard InChI is InChI=1S/C13H21ClN2/c1-3-4-5-9-13(16-15)11-7-6-8-12(14)10(11)2/h6-8,13,16H,3-5,9,15H2,1-2H3. The van der Waals surface area contributed by atoms with E-state index in [4.69, 9.17) is 17.4 Å². The van der Waals surface area contributed by atoms with E-state index in [9.17, 15) is 0 Å². The SMILES string of the molecule is CCCCCC(NN)c1cccc(Cl)c1C. The largest absolute Gasteiger partial charge is 0.271 e. The van der Waals surface area contributed by atoms with Crippen LogP contribution in [-0.2, 0) is 0 Å². The molecule has 0 heterocycles. The van der Waals surface area contributed by atoms with Gasteiger partial charge in [0.25, 0.3) is 0 Å². The van der Waals surface area contributed by atoms with Crippen molar-refractivity contribution in [2.75, 3.05) is 0 Å². The lowest BCUT2D eigenvalue weighted by Gasteiger charge is -2.19. The Morgan fingerprint density at radius 1 is 1.38 bits per heavy atom. The Hall–Kier alpha value is -0.570. The number of hydrogen-bond acceptors (Lipinski definition) is 2. The van der Waals surface area contributed by atoms with Crippen LogP contribution in [0.3, 0.4) is 0 Å². The first kappa shape index (κ1) is 13.5. The van der Waals surface area contributed by atoms with Crippen molar-refractivity contribution in [3.8, 4) is 0 Å². The van der Waals surface area contributed by atoms with E-state index >= 15 is 0 Å². The quantitative estimate of drug-likeness (QED) is 0.452. The predicted octanol–water partition coefficient (Wildman–Crippen LogP) is 3.73. The van der Waals surface area contributed by atoms with Crippen LogP contribution in [0, 0.1) is 6.92 Å². The summed E-state index contributed by atoms with van der Waals surface area (Å²) in [6, 6.07) is 6.21. The topological polar surface area (TPSA) is 38.0 Å². The molecule has 1 rings (SSSR count). The molecule has 1 aromatic carbocycles. The number of halogens is 1. The van der Waals surface area contributed by atoms with Crippen molar-refractivity contribution in [1.82, 2.24) is 5.43 Å². The fourth-order valence-electron chi connectivity index (χ4n) is 1.93. The number of unbranched alkanes of at least 4 members (excludes halogenated alkanes) is 2. The van der Waals surface area contributed by atoms with Gasteiger partial charge in [-0.05, 0) is 30.5 Å². The molecule has 0 spiro atoms. The summed E-state index contributed by atoms with van der Waals surface area (Å²) in [4.78, 5) is 0. The highest BCUT2D eigenvalue weighted by Gasteiger charge is 2.12. The van der Waals surface area contributed by atoms with Crippen molar-refractivity contribution >= 4 is 11.6 Å². The van der Waals surface area contributed by atoms with Crippen molar-refractivity contribution in [2.24, 2.45) is 5.84 Å². The first-order valence-electron chi connectivity index (χ1n) is 5.91. The summed E-state index contributed by atoms with van der Waals surface area (Å²) in [5.41, 5.74) is 5.23. The summed E-state index contributed by atoms with van der Waals surface area (Å²) >= 11 is 6.11. The second-order valence-corrected chi connectivity index (χ2v) is 4.58. The minimum Gasteiger partial charge on any atom is -0.271 e. The average Bonchev–Trinajstić information content (AvgIpc) is 2.29. The zero-order chi connectivity index (χ0) is 12.0. The minimum absolute atomic E-state index is 0.213. The van der Waals surface area contributed by atoms with Gasteiger partial charge in [-0.15, -0.1) is 0 Å². The Labute approximate surface area is 103 Å². The van der Waals surface area contributed by atoms with Crippen LogP contribution in [0.2, 0.25) is 5.02 Å². The smallest absolute Gasteiger partial charge is 0.0463 e. The summed E-state index contributed by atoms with van der Waals surface area (Å²) in [5, 5.41) is 0.813. The molecule has 0 radical (unpaired) electrons. The van der Waals surface area contributed by atoms with Crippen LogP contribution in [0.15, 0.2) is 18.2 Å². The number of benzene rings is 1. The van der Waals surface area contributed by atoms with Gasteiger partial charge in [-0.1, -0.05) is 49.9 Å². The summed E-state index contributed by atoms with van der Waals surface area (Å²) in [6.07, 6.45) is 4.73. The van der Waals surface area contributed by atoms with Gasteiger partial charge in [0.05, 0.1) is 0 Å². The van der Waals surface area contributed by atoms with Gasteiger partial charge >= 0.3 is 0 Å². The first-order valence-corrected chi connectivity index (χ1v) is 6.29. The van der Waals surface area contributed by atoms with Gasteiger partial charge in [-0.3, -0.25) is 11.3 Å². The molecule has 16 heavy (non-hydrogen) atoms. The molecule has 0 aliphatic rings. The third-order valence-corrected chi connectivity index (χ3v) is 3.39. The van der Waals surface area contributed by atoms with E-state index in [1.165, 1.54) is 24.8 Å². The van der Waals surface area contributed by atoms with Crippen molar-refractivity contribution in [3.05, 3.63) is 34.3 Å². The Balaban J connectivity index is 2.74. The zero-order valence-corrected chi connectivity index (χ0v) is 10.8. The molecule has 1 atom stereocenters. The average molecular weight is 241 g/mol. The Morgan fingerprint density at radius 2 is 2.12 bits per heavy atom. The van der Waals surface area contributed by atoms with Gasteiger partial charge in [-0.2, -0.15) is 0 Å². The van der Waals surface area contributed by atoms with Crippen LogP contribution in [0.1, 0.15) is 49.8 Å². The number of hydrogen-bond donors (Lipinski definition) is 2. The van der Waals surface area contributed by atoms with Crippen LogP contribution >= 0.6 is 11.6 Å². The highest BCUT2D eigenvalue weighted by molar-refractivity contribution is 6.31. The molecule has 0 aromatic heterocycles. The zero-order valence-electron chi connectivity index (χ0n) is 10.1. The lowest BCUT2D eigenvalue weighted by atomic mass is 9.97. The van der Waals surface area contributed by atoms with E-state index in [1.54, 1.807) is 0 Å². The van der Waals surface area contributed by atoms with E-state index < -0.39 is 0 Å². The van der Waals surface area contributed by atoms with Gasteiger partial charge in [0.1, 0.15) is 0 Å². The Morgan fingerprint density at radius 3 is 2.75 bits per heavy atom. The van der Waals surface area contributed by atoms with Crippen LogP contribution in [0.4, 0.5) is 0 Å². The molecule has 1 aromatic rings. The summed E-state index contributed by atoms with van der Waals surface area (Å²) in [5.74, 6) is 5.61. The van der Waals surface area contributed by atoms with Gasteiger partial charge in [0.15, 0.2) is 0 Å². The predicted molar refractivity (Wildman–Crippen MR) is 70.4 cm³/mol. The van der Waals surface area contributed by atoms with Crippen LogP contribution in [-0.4, -0.2) is 0 Å². The molecule has 0 aliphatic carbocycles. The van der Waals surface area contributed by atoms with Gasteiger partial charge in [-0.25, -0.2) is 0 Å². The molecule has 3 heteroatoms. The summed E-state index contributed by atoms with van der Waals surface area (Å²) < 4.78 is 0. The molecule has 1 unspecified atom stereocenters. The van der Waals surface area contributed by atoms with E-state index in [2.05, 4.69) is 18.4 Å². The van der Waals surface area contributed by atoms with E-state index in [0.717, 1.165) is 17.0 Å². The maximum atomic E-state index is 6.11. The molecule has 0 bridgehead atoms. The second kappa shape index (κ2) is 6.89. The number of hydrazine groups is 1. The van der Waals surface area contributed by atoms with E-state index in [-0.39, 0.29) is 6.04 Å². The fraction of sp³-hybridized carbons (Fsp3) is 0.538. The normalized spacial score (nSPS) is 12.8. The highest BCUT2D eigenvalue weighted by Crippen LogP contribution is 2.26. The van der Waals surface area contributed by atoms with Gasteiger partial charge < -0.3 is 0 Å². The lowest BCUT2D eigenvalue weighted by Crippen LogP contribution is -2.28. The Kier molecular flexibility index (Phi) is 5.81. The monoisotopic (exact) mass is 240 g/mol. The molecule has 90 valence electrons. The third kappa shape index (κ3) is 3.48. The van der Waals surface area contributed by atoms with Crippen molar-refractivity contribution in [2.45, 2.75) is 45.6 Å². The molecule has 0 aliphatic heterocycles. The van der Waals surface area contributed by atoms with Crippen LogP contribution in [0.25, 0.3) is 0 Å². The van der Waals surface area contributed by atoms with Gasteiger partial charge in [0, 0.05) is 11.1 Å². The maximum absolute atomic E-state index is 6.11. The van der Waals surface area contributed by atoms with E-state index in [1.807, 2.05) is 19.1 Å². The molecule has 0 fully saturated rings. The van der Waals surface area contributed by atoms with Crippen molar-refractivity contribution in [1.29, 1.82) is 0 Å².